The third kappa shape index (κ3) is 5.48. The number of hydrogen-bond donors (Lipinski definition) is 2. The number of aliphatic imine (C=N–C) groups is 1. The predicted octanol–water partition coefficient (Wildman–Crippen LogP) is 1.60. The van der Waals surface area contributed by atoms with Crippen LogP contribution in [-0.2, 0) is 11.2 Å². The summed E-state index contributed by atoms with van der Waals surface area (Å²) in [7, 11) is 1.65. The number of nitrogens with zero attached hydrogens (tertiary/aromatic N) is 1. The van der Waals surface area contributed by atoms with Gasteiger partial charge in [-0.15, -0.1) is 11.3 Å². The van der Waals surface area contributed by atoms with Gasteiger partial charge in [0.05, 0.1) is 16.9 Å². The quantitative estimate of drug-likeness (QED) is 0.477. The fraction of sp³-hybridized carbons (Fsp3) is 0.500. The van der Waals surface area contributed by atoms with E-state index in [1.807, 2.05) is 0 Å². The predicted molar refractivity (Wildman–Crippen MR) is 72.1 cm³/mol. The molecule has 0 saturated carbocycles. The standard InChI is InChI=1S/C10H16BrN3OS/c1-15-7-6-14-10(12)13-5-4-8-2-3-9(11)16-8/h2-3H,4-7H2,1H3,(H3,12,13,14). The van der Waals surface area contributed by atoms with Crippen molar-refractivity contribution < 1.29 is 4.74 Å². The van der Waals surface area contributed by atoms with Crippen LogP contribution in [0.1, 0.15) is 4.88 Å². The minimum absolute atomic E-state index is 0.479. The molecule has 0 radical (unpaired) electrons. The van der Waals surface area contributed by atoms with Crippen molar-refractivity contribution in [2.45, 2.75) is 6.42 Å². The van der Waals surface area contributed by atoms with Crippen LogP contribution in [0.5, 0.6) is 0 Å². The van der Waals surface area contributed by atoms with E-state index >= 15 is 0 Å². The van der Waals surface area contributed by atoms with Gasteiger partial charge in [0.15, 0.2) is 5.96 Å². The number of halogens is 1. The molecule has 0 atom stereocenters. The number of thiophene rings is 1. The summed E-state index contributed by atoms with van der Waals surface area (Å²) in [4.78, 5) is 5.43. The van der Waals surface area contributed by atoms with Gasteiger partial charge < -0.3 is 15.8 Å². The summed E-state index contributed by atoms with van der Waals surface area (Å²) in [5.74, 6) is 0.479. The van der Waals surface area contributed by atoms with E-state index in [9.17, 15) is 0 Å². The third-order valence-electron chi connectivity index (χ3n) is 1.88. The first-order valence-corrected chi connectivity index (χ1v) is 6.60. The maximum atomic E-state index is 5.66. The number of ether oxygens (including phenoxy) is 1. The molecule has 1 aromatic rings. The molecule has 0 spiro atoms. The number of rotatable bonds is 6. The number of nitrogens with one attached hydrogen (secondary N) is 1. The number of hydrogen-bond acceptors (Lipinski definition) is 3. The van der Waals surface area contributed by atoms with Crippen LogP contribution in [0.2, 0.25) is 0 Å². The zero-order valence-corrected chi connectivity index (χ0v) is 11.6. The Morgan fingerprint density at radius 2 is 2.44 bits per heavy atom. The summed E-state index contributed by atoms with van der Waals surface area (Å²) in [5.41, 5.74) is 5.66. The van der Waals surface area contributed by atoms with Gasteiger partial charge in [0, 0.05) is 18.5 Å². The first-order chi connectivity index (χ1) is 7.72. The molecule has 0 aliphatic heterocycles. The monoisotopic (exact) mass is 305 g/mol. The fourth-order valence-electron chi connectivity index (χ4n) is 1.11. The molecule has 0 saturated heterocycles. The Morgan fingerprint density at radius 1 is 1.62 bits per heavy atom. The smallest absolute Gasteiger partial charge is 0.188 e. The van der Waals surface area contributed by atoms with E-state index in [2.05, 4.69) is 38.4 Å². The van der Waals surface area contributed by atoms with Gasteiger partial charge in [-0.05, 0) is 34.5 Å². The summed E-state index contributed by atoms with van der Waals surface area (Å²) < 4.78 is 6.03. The highest BCUT2D eigenvalue weighted by Crippen LogP contribution is 2.21. The van der Waals surface area contributed by atoms with Crippen molar-refractivity contribution in [1.82, 2.24) is 5.32 Å². The van der Waals surface area contributed by atoms with Crippen LogP contribution in [0.4, 0.5) is 0 Å². The largest absolute Gasteiger partial charge is 0.383 e. The Labute approximate surface area is 108 Å². The van der Waals surface area contributed by atoms with Gasteiger partial charge in [-0.2, -0.15) is 0 Å². The molecule has 4 nitrogen and oxygen atoms in total. The van der Waals surface area contributed by atoms with E-state index < -0.39 is 0 Å². The molecule has 1 aromatic heterocycles. The van der Waals surface area contributed by atoms with Crippen LogP contribution in [0.3, 0.4) is 0 Å². The van der Waals surface area contributed by atoms with Crippen molar-refractivity contribution in [3.05, 3.63) is 20.8 Å². The van der Waals surface area contributed by atoms with Gasteiger partial charge in [0.25, 0.3) is 0 Å². The first kappa shape index (κ1) is 13.5. The van der Waals surface area contributed by atoms with Gasteiger partial charge in [0.2, 0.25) is 0 Å². The topological polar surface area (TPSA) is 59.6 Å². The van der Waals surface area contributed by atoms with E-state index in [-0.39, 0.29) is 0 Å². The molecule has 0 unspecified atom stereocenters. The Hall–Kier alpha value is -0.590. The first-order valence-electron chi connectivity index (χ1n) is 4.99. The van der Waals surface area contributed by atoms with Gasteiger partial charge in [0.1, 0.15) is 0 Å². The SMILES string of the molecule is COCCN=C(N)NCCc1ccc(Br)s1. The number of methoxy groups -OCH3 is 1. The van der Waals surface area contributed by atoms with Gasteiger partial charge in [-0.25, -0.2) is 0 Å². The van der Waals surface area contributed by atoms with Crippen molar-refractivity contribution in [2.75, 3.05) is 26.8 Å². The minimum atomic E-state index is 0.479. The van der Waals surface area contributed by atoms with Crippen LogP contribution < -0.4 is 11.1 Å². The number of guanidine groups is 1. The van der Waals surface area contributed by atoms with E-state index in [0.29, 0.717) is 19.1 Å². The summed E-state index contributed by atoms with van der Waals surface area (Å²) in [6.45, 7) is 2.00. The Balaban J connectivity index is 2.17. The molecule has 0 fully saturated rings. The van der Waals surface area contributed by atoms with Crippen LogP contribution in [-0.4, -0.2) is 32.8 Å². The van der Waals surface area contributed by atoms with Crippen molar-refractivity contribution >= 4 is 33.2 Å². The zero-order chi connectivity index (χ0) is 11.8. The van der Waals surface area contributed by atoms with E-state index in [1.54, 1.807) is 18.4 Å². The van der Waals surface area contributed by atoms with Crippen LogP contribution in [0, 0.1) is 0 Å². The molecule has 0 aliphatic rings. The molecule has 3 N–H and O–H groups in total. The molecule has 1 heterocycles. The van der Waals surface area contributed by atoms with Crippen molar-refractivity contribution in [3.63, 3.8) is 0 Å². The summed E-state index contributed by atoms with van der Waals surface area (Å²) in [5, 5.41) is 3.06. The normalized spacial score (nSPS) is 11.8. The Kier molecular flexibility index (Phi) is 6.44. The lowest BCUT2D eigenvalue weighted by Crippen LogP contribution is -2.33. The van der Waals surface area contributed by atoms with Gasteiger partial charge in [-0.1, -0.05) is 0 Å². The lowest BCUT2D eigenvalue weighted by molar-refractivity contribution is 0.208. The number of nitrogens with two attached hydrogens (primary N) is 1. The second-order valence-electron chi connectivity index (χ2n) is 3.14. The molecule has 0 amide bonds. The Bertz CT molecular complexity index is 341. The van der Waals surface area contributed by atoms with E-state index in [0.717, 1.165) is 16.8 Å². The van der Waals surface area contributed by atoms with Gasteiger partial charge >= 0.3 is 0 Å². The molecule has 0 aliphatic carbocycles. The second-order valence-corrected chi connectivity index (χ2v) is 5.69. The highest BCUT2D eigenvalue weighted by atomic mass is 79.9. The van der Waals surface area contributed by atoms with Crippen molar-refractivity contribution in [2.24, 2.45) is 10.7 Å². The molecular formula is C10H16BrN3OS. The zero-order valence-electron chi connectivity index (χ0n) is 9.20. The highest BCUT2D eigenvalue weighted by Gasteiger charge is 1.97. The second kappa shape index (κ2) is 7.65. The molecule has 0 aromatic carbocycles. The van der Waals surface area contributed by atoms with E-state index in [4.69, 9.17) is 10.5 Å². The molecule has 16 heavy (non-hydrogen) atoms. The van der Waals surface area contributed by atoms with Crippen molar-refractivity contribution in [1.29, 1.82) is 0 Å². The van der Waals surface area contributed by atoms with Gasteiger partial charge in [-0.3, -0.25) is 4.99 Å². The maximum Gasteiger partial charge on any atom is 0.188 e. The summed E-state index contributed by atoms with van der Waals surface area (Å²) >= 11 is 5.17. The molecule has 6 heteroatoms. The van der Waals surface area contributed by atoms with E-state index in [1.165, 1.54) is 4.88 Å². The highest BCUT2D eigenvalue weighted by molar-refractivity contribution is 9.11. The fourth-order valence-corrected chi connectivity index (χ4v) is 2.60. The molecule has 1 rings (SSSR count). The summed E-state index contributed by atoms with van der Waals surface area (Å²) in [6, 6.07) is 4.16. The third-order valence-corrected chi connectivity index (χ3v) is 3.57. The molecule has 0 bridgehead atoms. The Morgan fingerprint density at radius 3 is 3.06 bits per heavy atom. The molecule has 90 valence electrons. The van der Waals surface area contributed by atoms with Crippen LogP contribution >= 0.6 is 27.3 Å². The summed E-state index contributed by atoms with van der Waals surface area (Å²) in [6.07, 6.45) is 0.955. The lowest BCUT2D eigenvalue weighted by Gasteiger charge is -2.04. The van der Waals surface area contributed by atoms with Crippen molar-refractivity contribution in [3.8, 4) is 0 Å². The lowest BCUT2D eigenvalue weighted by atomic mass is 10.3. The van der Waals surface area contributed by atoms with Crippen LogP contribution in [0.15, 0.2) is 20.9 Å². The maximum absolute atomic E-state index is 5.66. The van der Waals surface area contributed by atoms with Crippen LogP contribution in [0.25, 0.3) is 0 Å². The average Bonchev–Trinajstić information content (AvgIpc) is 2.65. The minimum Gasteiger partial charge on any atom is -0.383 e. The molecular weight excluding hydrogens is 290 g/mol. The average molecular weight is 306 g/mol.